The van der Waals surface area contributed by atoms with Crippen molar-refractivity contribution in [1.82, 2.24) is 5.32 Å². The Hall–Kier alpha value is -3.37. The Kier molecular flexibility index (Phi) is 7.13. The van der Waals surface area contributed by atoms with Gasteiger partial charge in [-0.2, -0.15) is 5.26 Å². The van der Waals surface area contributed by atoms with Crippen LogP contribution < -0.4 is 25.8 Å². The number of halogens is 1. The minimum atomic E-state index is -0.560. The number of hydrogen-bond donors (Lipinski definition) is 3. The number of methoxy groups -OCH3 is 2. The first kappa shape index (κ1) is 20.9. The van der Waals surface area contributed by atoms with Gasteiger partial charge in [-0.1, -0.05) is 17.7 Å². The van der Waals surface area contributed by atoms with Crippen LogP contribution in [0.3, 0.4) is 0 Å². The normalized spacial score (nSPS) is 11.9. The van der Waals surface area contributed by atoms with Crippen LogP contribution in [-0.2, 0) is 4.79 Å². The van der Waals surface area contributed by atoms with Crippen molar-refractivity contribution in [2.75, 3.05) is 25.3 Å². The molecule has 8 heteroatoms. The van der Waals surface area contributed by atoms with E-state index >= 15 is 0 Å². The van der Waals surface area contributed by atoms with Gasteiger partial charge in [-0.05, 0) is 42.8 Å². The lowest BCUT2D eigenvalue weighted by molar-refractivity contribution is -0.112. The van der Waals surface area contributed by atoms with Gasteiger partial charge in [0.15, 0.2) is 11.5 Å². The maximum Gasteiger partial charge on any atom is 0.267 e. The highest BCUT2D eigenvalue weighted by molar-refractivity contribution is 6.33. The quantitative estimate of drug-likeness (QED) is 0.372. The summed E-state index contributed by atoms with van der Waals surface area (Å²) in [6.07, 6.45) is 1.37. The lowest BCUT2D eigenvalue weighted by Crippen LogP contribution is -2.18. The molecule has 0 aliphatic carbocycles. The third kappa shape index (κ3) is 5.09. The van der Waals surface area contributed by atoms with E-state index < -0.39 is 5.91 Å². The molecule has 0 radical (unpaired) electrons. The van der Waals surface area contributed by atoms with Crippen LogP contribution in [0.2, 0.25) is 5.02 Å². The second kappa shape index (κ2) is 9.53. The minimum absolute atomic E-state index is 0.0831. The fourth-order valence-corrected chi connectivity index (χ4v) is 2.56. The van der Waals surface area contributed by atoms with E-state index in [0.717, 1.165) is 5.56 Å². The first-order chi connectivity index (χ1) is 13.4. The molecule has 0 aliphatic rings. The zero-order valence-corrected chi connectivity index (χ0v) is 16.5. The van der Waals surface area contributed by atoms with Crippen molar-refractivity contribution in [2.45, 2.75) is 13.0 Å². The van der Waals surface area contributed by atoms with E-state index in [1.54, 1.807) is 32.4 Å². The molecule has 2 aromatic rings. The smallest absolute Gasteiger partial charge is 0.267 e. The molecule has 7 nitrogen and oxygen atoms in total. The molecule has 0 bridgehead atoms. The Morgan fingerprint density at radius 3 is 2.54 bits per heavy atom. The van der Waals surface area contributed by atoms with Gasteiger partial charge in [0, 0.05) is 17.9 Å². The first-order valence-corrected chi connectivity index (χ1v) is 8.72. The second-order valence-electron chi connectivity index (χ2n) is 5.86. The Labute approximate surface area is 168 Å². The van der Waals surface area contributed by atoms with Crippen LogP contribution in [0.1, 0.15) is 18.5 Å². The van der Waals surface area contributed by atoms with Crippen molar-refractivity contribution in [1.29, 1.82) is 5.26 Å². The predicted molar refractivity (Wildman–Crippen MR) is 109 cm³/mol. The third-order valence-electron chi connectivity index (χ3n) is 4.01. The van der Waals surface area contributed by atoms with Gasteiger partial charge < -0.3 is 25.8 Å². The summed E-state index contributed by atoms with van der Waals surface area (Å²) in [5.74, 6) is 0.653. The molecule has 0 spiro atoms. The molecule has 0 saturated heterocycles. The molecule has 1 amide bonds. The predicted octanol–water partition coefficient (Wildman–Crippen LogP) is 3.64. The molecule has 1 atom stereocenters. The summed E-state index contributed by atoms with van der Waals surface area (Å²) in [6.45, 7) is 1.89. The molecular formula is C20H21ClN4O3. The molecule has 146 valence electrons. The first-order valence-electron chi connectivity index (χ1n) is 8.34. The highest BCUT2D eigenvalue weighted by Crippen LogP contribution is 2.30. The van der Waals surface area contributed by atoms with Crippen molar-refractivity contribution in [2.24, 2.45) is 0 Å². The topological polar surface area (TPSA) is 109 Å². The van der Waals surface area contributed by atoms with Gasteiger partial charge in [0.25, 0.3) is 5.91 Å². The number of nitrogens with two attached hydrogens (primary N) is 1. The largest absolute Gasteiger partial charge is 0.493 e. The van der Waals surface area contributed by atoms with Crippen LogP contribution in [0.4, 0.5) is 11.4 Å². The fraction of sp³-hybridized carbons (Fsp3) is 0.200. The summed E-state index contributed by atoms with van der Waals surface area (Å²) in [5.41, 5.74) is 7.31. The van der Waals surface area contributed by atoms with E-state index in [1.807, 2.05) is 25.1 Å². The highest BCUT2D eigenvalue weighted by Gasteiger charge is 2.13. The molecule has 28 heavy (non-hydrogen) atoms. The Balaban J connectivity index is 2.10. The molecule has 0 saturated carbocycles. The van der Waals surface area contributed by atoms with Crippen LogP contribution in [0.5, 0.6) is 11.5 Å². The van der Waals surface area contributed by atoms with E-state index in [4.69, 9.17) is 26.8 Å². The number of ether oxygens (including phenoxy) is 2. The van der Waals surface area contributed by atoms with Crippen LogP contribution in [0, 0.1) is 11.3 Å². The monoisotopic (exact) mass is 400 g/mol. The van der Waals surface area contributed by atoms with Gasteiger partial charge in [0.1, 0.15) is 11.6 Å². The van der Waals surface area contributed by atoms with E-state index in [-0.39, 0.29) is 11.6 Å². The minimum Gasteiger partial charge on any atom is -0.493 e. The Morgan fingerprint density at radius 2 is 1.93 bits per heavy atom. The zero-order valence-electron chi connectivity index (χ0n) is 15.7. The second-order valence-corrected chi connectivity index (χ2v) is 6.27. The summed E-state index contributed by atoms with van der Waals surface area (Å²) in [5, 5.41) is 15.3. The standard InChI is InChI=1S/C20H21ClN4O3/c1-12(13-4-7-18(27-2)19(8-13)28-3)24-11-14(10-22)20(26)25-15-5-6-17(23)16(21)9-15/h4-9,11-12,24H,23H2,1-3H3,(H,25,26)/b14-11-. The van der Waals surface area contributed by atoms with Crippen molar-refractivity contribution < 1.29 is 14.3 Å². The molecule has 0 heterocycles. The maximum absolute atomic E-state index is 12.3. The van der Waals surface area contributed by atoms with E-state index in [0.29, 0.717) is 27.9 Å². The molecule has 0 aliphatic heterocycles. The zero-order chi connectivity index (χ0) is 20.7. The van der Waals surface area contributed by atoms with E-state index in [9.17, 15) is 10.1 Å². The average molecular weight is 401 g/mol. The average Bonchev–Trinajstić information content (AvgIpc) is 2.70. The van der Waals surface area contributed by atoms with E-state index in [2.05, 4.69) is 10.6 Å². The molecule has 1 unspecified atom stereocenters. The van der Waals surface area contributed by atoms with Gasteiger partial charge in [-0.25, -0.2) is 0 Å². The summed E-state index contributed by atoms with van der Waals surface area (Å²) in [6, 6.07) is 11.9. The number of nitrogens with one attached hydrogen (secondary N) is 2. The number of amides is 1. The summed E-state index contributed by atoms with van der Waals surface area (Å²) >= 11 is 5.94. The van der Waals surface area contributed by atoms with Crippen molar-refractivity contribution in [3.63, 3.8) is 0 Å². The number of nitrogens with zero attached hydrogens (tertiary/aromatic N) is 1. The number of carbonyl (C=O) groups is 1. The number of benzene rings is 2. The molecule has 4 N–H and O–H groups in total. The van der Waals surface area contributed by atoms with Gasteiger partial charge in [0.2, 0.25) is 0 Å². The SMILES string of the molecule is COc1ccc(C(C)N/C=C(/C#N)C(=O)Nc2ccc(N)c(Cl)c2)cc1OC. The Bertz CT molecular complexity index is 938. The van der Waals surface area contributed by atoms with Gasteiger partial charge in [-0.15, -0.1) is 0 Å². The van der Waals surface area contributed by atoms with Crippen molar-refractivity contribution in [3.05, 3.63) is 58.8 Å². The lowest BCUT2D eigenvalue weighted by atomic mass is 10.1. The summed E-state index contributed by atoms with van der Waals surface area (Å²) in [7, 11) is 3.12. The molecular weight excluding hydrogens is 380 g/mol. The highest BCUT2D eigenvalue weighted by atomic mass is 35.5. The number of anilines is 2. The number of hydrogen-bond acceptors (Lipinski definition) is 6. The molecule has 0 aromatic heterocycles. The van der Waals surface area contributed by atoms with Gasteiger partial charge >= 0.3 is 0 Å². The van der Waals surface area contributed by atoms with Crippen LogP contribution in [-0.4, -0.2) is 20.1 Å². The maximum atomic E-state index is 12.3. The van der Waals surface area contributed by atoms with Crippen molar-refractivity contribution in [3.8, 4) is 17.6 Å². The molecule has 2 rings (SSSR count). The van der Waals surface area contributed by atoms with Gasteiger partial charge in [-0.3, -0.25) is 4.79 Å². The van der Waals surface area contributed by atoms with Gasteiger partial charge in [0.05, 0.1) is 24.9 Å². The van der Waals surface area contributed by atoms with Crippen LogP contribution in [0.15, 0.2) is 48.2 Å². The fourth-order valence-electron chi connectivity index (χ4n) is 2.38. The lowest BCUT2D eigenvalue weighted by Gasteiger charge is -2.15. The summed E-state index contributed by atoms with van der Waals surface area (Å²) < 4.78 is 10.5. The van der Waals surface area contributed by atoms with E-state index in [1.165, 1.54) is 12.3 Å². The number of nitrogen functional groups attached to an aromatic ring is 1. The molecule has 2 aromatic carbocycles. The number of carbonyl (C=O) groups excluding carboxylic acids is 1. The summed E-state index contributed by atoms with van der Waals surface area (Å²) in [4.78, 5) is 12.3. The van der Waals surface area contributed by atoms with Crippen LogP contribution in [0.25, 0.3) is 0 Å². The molecule has 0 fully saturated rings. The Morgan fingerprint density at radius 1 is 1.21 bits per heavy atom. The number of nitriles is 1. The van der Waals surface area contributed by atoms with Crippen molar-refractivity contribution >= 4 is 28.9 Å². The third-order valence-corrected chi connectivity index (χ3v) is 4.34. The van der Waals surface area contributed by atoms with Crippen LogP contribution >= 0.6 is 11.6 Å². The number of rotatable bonds is 7.